The summed E-state index contributed by atoms with van der Waals surface area (Å²) in [4.78, 5) is 15.7. The van der Waals surface area contributed by atoms with Gasteiger partial charge >= 0.3 is 0 Å². The minimum Gasteiger partial charge on any atom is -0.495 e. The molecule has 0 saturated carbocycles. The quantitative estimate of drug-likeness (QED) is 0.903. The number of nitriles is 1. The second-order valence-electron chi connectivity index (χ2n) is 5.68. The highest BCUT2D eigenvalue weighted by Crippen LogP contribution is 2.31. The molecule has 118 valence electrons. The minimum absolute atomic E-state index is 0.0962. The normalized spacial score (nSPS) is 16.9. The van der Waals surface area contributed by atoms with Gasteiger partial charge < -0.3 is 15.4 Å². The molecule has 1 aliphatic rings. The lowest BCUT2D eigenvalue weighted by Crippen LogP contribution is -2.32. The third-order valence-corrected chi connectivity index (χ3v) is 4.13. The van der Waals surface area contributed by atoms with Gasteiger partial charge in [-0.1, -0.05) is 0 Å². The van der Waals surface area contributed by atoms with E-state index in [0.717, 1.165) is 28.6 Å². The van der Waals surface area contributed by atoms with Gasteiger partial charge in [0.25, 0.3) is 0 Å². The predicted molar refractivity (Wildman–Crippen MR) is 87.4 cm³/mol. The molecule has 6 nitrogen and oxygen atoms in total. The Bertz CT molecular complexity index is 810. The number of amides is 1. The fraction of sp³-hybridized carbons (Fsp3) is 0.353. The van der Waals surface area contributed by atoms with Crippen LogP contribution in [0.3, 0.4) is 0 Å². The van der Waals surface area contributed by atoms with Crippen molar-refractivity contribution >= 4 is 22.5 Å². The van der Waals surface area contributed by atoms with Crippen molar-refractivity contribution in [3.05, 3.63) is 29.5 Å². The lowest BCUT2D eigenvalue weighted by molar-refractivity contribution is -0.119. The molecule has 6 heteroatoms. The molecule has 0 spiro atoms. The summed E-state index contributed by atoms with van der Waals surface area (Å²) in [6.45, 7) is 2.59. The molecule has 1 fully saturated rings. The van der Waals surface area contributed by atoms with E-state index >= 15 is 0 Å². The van der Waals surface area contributed by atoms with Crippen LogP contribution in [0.15, 0.2) is 18.3 Å². The van der Waals surface area contributed by atoms with Gasteiger partial charge in [-0.05, 0) is 36.4 Å². The zero-order valence-corrected chi connectivity index (χ0v) is 13.1. The molecule has 1 aromatic heterocycles. The van der Waals surface area contributed by atoms with E-state index in [1.165, 1.54) is 0 Å². The number of hydrogen-bond donors (Lipinski definition) is 2. The molecule has 1 atom stereocenters. The highest BCUT2D eigenvalue weighted by Gasteiger charge is 2.20. The first kappa shape index (κ1) is 15.1. The summed E-state index contributed by atoms with van der Waals surface area (Å²) in [5, 5.41) is 17.3. The lowest BCUT2D eigenvalue weighted by atomic mass is 10.0. The van der Waals surface area contributed by atoms with Gasteiger partial charge in [-0.25, -0.2) is 4.98 Å². The Kier molecular flexibility index (Phi) is 4.02. The van der Waals surface area contributed by atoms with Crippen LogP contribution >= 0.6 is 0 Å². The number of benzene rings is 1. The summed E-state index contributed by atoms with van der Waals surface area (Å²) in [5.74, 6) is 1.36. The van der Waals surface area contributed by atoms with Crippen molar-refractivity contribution in [1.29, 1.82) is 5.26 Å². The number of ether oxygens (including phenoxy) is 1. The Balaban J connectivity index is 1.95. The van der Waals surface area contributed by atoms with Crippen molar-refractivity contribution in [3.63, 3.8) is 0 Å². The molecule has 2 N–H and O–H groups in total. The van der Waals surface area contributed by atoms with Crippen LogP contribution in [0.4, 0.5) is 5.82 Å². The largest absolute Gasteiger partial charge is 0.495 e. The molecular weight excluding hydrogens is 292 g/mol. The van der Waals surface area contributed by atoms with Crippen LogP contribution in [0.5, 0.6) is 5.75 Å². The number of aromatic nitrogens is 1. The average Bonchev–Trinajstić information content (AvgIpc) is 2.98. The number of rotatable bonds is 4. The number of methoxy groups -OCH3 is 1. The van der Waals surface area contributed by atoms with Gasteiger partial charge in [0.15, 0.2) is 0 Å². The van der Waals surface area contributed by atoms with E-state index in [1.54, 1.807) is 13.3 Å². The molecule has 0 bridgehead atoms. The first-order valence-corrected chi connectivity index (χ1v) is 7.53. The van der Waals surface area contributed by atoms with Crippen LogP contribution in [0.2, 0.25) is 0 Å². The number of aryl methyl sites for hydroxylation is 1. The van der Waals surface area contributed by atoms with Crippen molar-refractivity contribution in [1.82, 2.24) is 10.3 Å². The number of anilines is 1. The van der Waals surface area contributed by atoms with Crippen LogP contribution in [0.25, 0.3) is 10.8 Å². The Morgan fingerprint density at radius 3 is 2.96 bits per heavy atom. The summed E-state index contributed by atoms with van der Waals surface area (Å²) in [6, 6.07) is 5.94. The number of pyridine rings is 1. The minimum atomic E-state index is 0.0962. The molecule has 2 aromatic rings. The number of carbonyl (C=O) groups is 1. The van der Waals surface area contributed by atoms with Gasteiger partial charge in [-0.15, -0.1) is 0 Å². The Morgan fingerprint density at radius 2 is 2.30 bits per heavy atom. The van der Waals surface area contributed by atoms with E-state index in [1.807, 2.05) is 19.1 Å². The van der Waals surface area contributed by atoms with Gasteiger partial charge in [0, 0.05) is 30.6 Å². The van der Waals surface area contributed by atoms with Crippen molar-refractivity contribution in [3.8, 4) is 11.8 Å². The van der Waals surface area contributed by atoms with Crippen molar-refractivity contribution in [2.24, 2.45) is 0 Å². The molecule has 1 amide bonds. The number of nitrogens with one attached hydrogen (secondary N) is 2. The zero-order chi connectivity index (χ0) is 16.4. The number of fused-ring (bicyclic) bond motifs is 1. The first-order chi connectivity index (χ1) is 11.1. The summed E-state index contributed by atoms with van der Waals surface area (Å²) in [6.07, 6.45) is 3.19. The molecule has 0 radical (unpaired) electrons. The van der Waals surface area contributed by atoms with Crippen molar-refractivity contribution < 1.29 is 9.53 Å². The van der Waals surface area contributed by atoms with Crippen LogP contribution in [0, 0.1) is 18.3 Å². The third kappa shape index (κ3) is 2.90. The van der Waals surface area contributed by atoms with Crippen LogP contribution in [-0.4, -0.2) is 30.6 Å². The molecule has 2 heterocycles. The lowest BCUT2D eigenvalue weighted by Gasteiger charge is -2.15. The third-order valence-electron chi connectivity index (χ3n) is 4.13. The van der Waals surface area contributed by atoms with E-state index in [-0.39, 0.29) is 11.9 Å². The van der Waals surface area contributed by atoms with Crippen molar-refractivity contribution in [2.45, 2.75) is 25.8 Å². The Morgan fingerprint density at radius 1 is 1.48 bits per heavy atom. The summed E-state index contributed by atoms with van der Waals surface area (Å²) in [7, 11) is 1.55. The van der Waals surface area contributed by atoms with Crippen molar-refractivity contribution in [2.75, 3.05) is 19.0 Å². The molecule has 3 rings (SSSR count). The highest BCUT2D eigenvalue weighted by molar-refractivity contribution is 5.96. The topological polar surface area (TPSA) is 87.0 Å². The van der Waals surface area contributed by atoms with Crippen LogP contribution < -0.4 is 15.4 Å². The highest BCUT2D eigenvalue weighted by atomic mass is 16.5. The van der Waals surface area contributed by atoms with Gasteiger partial charge in [-0.3, -0.25) is 4.79 Å². The second kappa shape index (κ2) is 6.13. The zero-order valence-electron chi connectivity index (χ0n) is 13.1. The predicted octanol–water partition coefficient (Wildman–Crippen LogP) is 2.11. The number of nitrogens with zero attached hydrogens (tertiary/aromatic N) is 2. The Labute approximate surface area is 134 Å². The number of carbonyl (C=O) groups excluding carboxylic acids is 1. The first-order valence-electron chi connectivity index (χ1n) is 7.53. The maximum Gasteiger partial charge on any atom is 0.220 e. The molecule has 1 aliphatic heterocycles. The molecule has 1 aromatic carbocycles. The van der Waals surface area contributed by atoms with Crippen LogP contribution in [0.1, 0.15) is 24.0 Å². The maximum absolute atomic E-state index is 11.3. The summed E-state index contributed by atoms with van der Waals surface area (Å²) >= 11 is 0. The van der Waals surface area contributed by atoms with Gasteiger partial charge in [0.2, 0.25) is 5.91 Å². The second-order valence-corrected chi connectivity index (χ2v) is 5.68. The fourth-order valence-corrected chi connectivity index (χ4v) is 2.85. The van der Waals surface area contributed by atoms with Gasteiger partial charge in [0.05, 0.1) is 12.7 Å². The van der Waals surface area contributed by atoms with E-state index in [0.29, 0.717) is 24.3 Å². The maximum atomic E-state index is 11.3. The number of hydrogen-bond acceptors (Lipinski definition) is 5. The van der Waals surface area contributed by atoms with Crippen LogP contribution in [-0.2, 0) is 4.79 Å². The summed E-state index contributed by atoms with van der Waals surface area (Å²) in [5.41, 5.74) is 1.50. The van der Waals surface area contributed by atoms with Gasteiger partial charge in [-0.2, -0.15) is 5.26 Å². The van der Waals surface area contributed by atoms with E-state index in [9.17, 15) is 10.1 Å². The standard InChI is InChI=1S/C17H18N4O2/c1-10-8-19-17(20-9-12-3-4-16(22)21-12)14-6-15(23-2)11(7-18)5-13(10)14/h5-6,8,12H,3-4,9H2,1-2H3,(H,19,20)(H,21,22)/t12-/m0/s1. The molecule has 0 aliphatic carbocycles. The fourth-order valence-electron chi connectivity index (χ4n) is 2.85. The summed E-state index contributed by atoms with van der Waals surface area (Å²) < 4.78 is 5.30. The van der Waals surface area contributed by atoms with E-state index < -0.39 is 0 Å². The monoisotopic (exact) mass is 310 g/mol. The smallest absolute Gasteiger partial charge is 0.220 e. The van der Waals surface area contributed by atoms with E-state index in [2.05, 4.69) is 21.7 Å². The molecule has 23 heavy (non-hydrogen) atoms. The molecule has 1 saturated heterocycles. The van der Waals surface area contributed by atoms with Gasteiger partial charge in [0.1, 0.15) is 17.6 Å². The van der Waals surface area contributed by atoms with E-state index in [4.69, 9.17) is 4.74 Å². The molecular formula is C17H18N4O2. The molecule has 0 unspecified atom stereocenters. The average molecular weight is 310 g/mol. The Hall–Kier alpha value is -2.81. The SMILES string of the molecule is COc1cc2c(NC[C@@H]3CCC(=O)N3)ncc(C)c2cc1C#N.